The Morgan fingerprint density at radius 2 is 1.96 bits per heavy atom. The zero-order valence-corrected chi connectivity index (χ0v) is 14.4. The number of nitrogens with two attached hydrogens (primary N) is 1. The van der Waals surface area contributed by atoms with Crippen LogP contribution in [0.25, 0.3) is 0 Å². The van der Waals surface area contributed by atoms with Crippen LogP contribution in [-0.2, 0) is 14.3 Å². The highest BCUT2D eigenvalue weighted by molar-refractivity contribution is 6.34. The molecule has 1 heterocycles. The van der Waals surface area contributed by atoms with Crippen molar-refractivity contribution in [2.45, 2.75) is 25.8 Å². The molecule has 1 saturated heterocycles. The summed E-state index contributed by atoms with van der Waals surface area (Å²) in [5.74, 6) is -0.332. The summed E-state index contributed by atoms with van der Waals surface area (Å²) in [6.45, 7) is 2.69. The quantitative estimate of drug-likeness (QED) is 0.767. The number of ether oxygens (including phenoxy) is 1. The lowest BCUT2D eigenvalue weighted by atomic mass is 9.92. The largest absolute Gasteiger partial charge is 0.381 e. The monoisotopic (exact) mass is 361 g/mol. The van der Waals surface area contributed by atoms with Gasteiger partial charge in [0.15, 0.2) is 0 Å². The molecule has 2 rings (SSSR count). The Kier molecular flexibility index (Phi) is 7.78. The predicted molar refractivity (Wildman–Crippen MR) is 93.2 cm³/mol. The van der Waals surface area contributed by atoms with E-state index in [-0.39, 0.29) is 30.1 Å². The zero-order valence-electron chi connectivity index (χ0n) is 12.8. The third-order valence-corrected chi connectivity index (χ3v) is 3.94. The van der Waals surface area contributed by atoms with E-state index in [1.165, 1.54) is 6.92 Å². The van der Waals surface area contributed by atoms with Gasteiger partial charge in [-0.3, -0.25) is 9.59 Å². The molecule has 1 aliphatic rings. The standard InChI is InChI=1S/C15H20ClN3O3.ClH/c1-9(20)18-11-2-3-13(12(16)8-11)19-15(21)14(17)10-4-6-22-7-5-10;/h2-3,8,10,14H,4-7,17H2,1H3,(H,18,20)(H,19,21);1H. The van der Waals surface area contributed by atoms with Crippen molar-refractivity contribution in [2.75, 3.05) is 23.8 Å². The second-order valence-electron chi connectivity index (χ2n) is 5.34. The molecule has 23 heavy (non-hydrogen) atoms. The van der Waals surface area contributed by atoms with Crippen LogP contribution in [0.5, 0.6) is 0 Å². The second-order valence-corrected chi connectivity index (χ2v) is 5.75. The van der Waals surface area contributed by atoms with E-state index in [0.717, 1.165) is 12.8 Å². The minimum absolute atomic E-state index is 0. The summed E-state index contributed by atoms with van der Waals surface area (Å²) < 4.78 is 5.27. The van der Waals surface area contributed by atoms with E-state index in [2.05, 4.69) is 10.6 Å². The van der Waals surface area contributed by atoms with Gasteiger partial charge in [0.2, 0.25) is 11.8 Å². The molecule has 0 saturated carbocycles. The van der Waals surface area contributed by atoms with Crippen LogP contribution in [-0.4, -0.2) is 31.1 Å². The normalized spacial score (nSPS) is 16.1. The van der Waals surface area contributed by atoms with Crippen molar-refractivity contribution < 1.29 is 14.3 Å². The van der Waals surface area contributed by atoms with E-state index in [4.69, 9.17) is 22.1 Å². The number of anilines is 2. The van der Waals surface area contributed by atoms with Crippen molar-refractivity contribution >= 4 is 47.2 Å². The Bertz CT molecular complexity index is 563. The van der Waals surface area contributed by atoms with Crippen molar-refractivity contribution in [3.05, 3.63) is 23.2 Å². The Labute approximate surface area is 146 Å². The van der Waals surface area contributed by atoms with Crippen LogP contribution in [0.4, 0.5) is 11.4 Å². The molecule has 0 spiro atoms. The van der Waals surface area contributed by atoms with Crippen molar-refractivity contribution in [3.63, 3.8) is 0 Å². The van der Waals surface area contributed by atoms with Crippen LogP contribution >= 0.6 is 24.0 Å². The zero-order chi connectivity index (χ0) is 16.1. The summed E-state index contributed by atoms with van der Waals surface area (Å²) in [5, 5.41) is 5.71. The molecular weight excluding hydrogens is 341 g/mol. The molecule has 6 nitrogen and oxygen atoms in total. The lowest BCUT2D eigenvalue weighted by Crippen LogP contribution is -2.44. The predicted octanol–water partition coefficient (Wildman–Crippen LogP) is 2.41. The van der Waals surface area contributed by atoms with Gasteiger partial charge >= 0.3 is 0 Å². The highest BCUT2D eigenvalue weighted by Crippen LogP contribution is 2.26. The highest BCUT2D eigenvalue weighted by Gasteiger charge is 2.26. The maximum atomic E-state index is 12.2. The van der Waals surface area contributed by atoms with Gasteiger partial charge < -0.3 is 21.1 Å². The van der Waals surface area contributed by atoms with Gasteiger partial charge in [-0.2, -0.15) is 0 Å². The minimum atomic E-state index is -0.588. The Morgan fingerprint density at radius 3 is 2.52 bits per heavy atom. The fraction of sp³-hybridized carbons (Fsp3) is 0.467. The number of carbonyl (C=O) groups is 2. The number of amides is 2. The summed E-state index contributed by atoms with van der Waals surface area (Å²) in [6, 6.07) is 4.30. The third-order valence-electron chi connectivity index (χ3n) is 3.62. The number of hydrogen-bond donors (Lipinski definition) is 3. The van der Waals surface area contributed by atoms with Gasteiger partial charge in [-0.25, -0.2) is 0 Å². The molecule has 0 aromatic heterocycles. The molecule has 0 bridgehead atoms. The van der Waals surface area contributed by atoms with Gasteiger partial charge in [0.1, 0.15) is 0 Å². The molecule has 1 atom stereocenters. The molecule has 1 fully saturated rings. The molecule has 1 unspecified atom stereocenters. The number of carbonyl (C=O) groups excluding carboxylic acids is 2. The van der Waals surface area contributed by atoms with Crippen LogP contribution in [0.15, 0.2) is 18.2 Å². The van der Waals surface area contributed by atoms with Crippen LogP contribution in [0.3, 0.4) is 0 Å². The number of halogens is 2. The van der Waals surface area contributed by atoms with Gasteiger partial charge in [0.05, 0.1) is 16.8 Å². The average Bonchev–Trinajstić information content (AvgIpc) is 2.49. The molecule has 2 amide bonds. The second kappa shape index (κ2) is 9.08. The Morgan fingerprint density at radius 1 is 1.30 bits per heavy atom. The van der Waals surface area contributed by atoms with E-state index in [9.17, 15) is 9.59 Å². The molecule has 128 valence electrons. The van der Waals surface area contributed by atoms with Crippen molar-refractivity contribution in [2.24, 2.45) is 11.7 Å². The molecule has 1 aromatic rings. The summed E-state index contributed by atoms with van der Waals surface area (Å²) >= 11 is 6.12. The maximum Gasteiger partial charge on any atom is 0.241 e. The number of nitrogens with one attached hydrogen (secondary N) is 2. The van der Waals surface area contributed by atoms with E-state index in [1.807, 2.05) is 0 Å². The SMILES string of the molecule is CC(=O)Nc1ccc(NC(=O)C(N)C2CCOCC2)c(Cl)c1.Cl. The first kappa shape index (κ1) is 19.7. The fourth-order valence-electron chi connectivity index (χ4n) is 2.40. The number of rotatable bonds is 4. The summed E-state index contributed by atoms with van der Waals surface area (Å²) in [6.07, 6.45) is 1.56. The molecule has 8 heteroatoms. The Balaban J connectivity index is 0.00000264. The summed E-state index contributed by atoms with van der Waals surface area (Å²) in [7, 11) is 0. The topological polar surface area (TPSA) is 93.5 Å². The maximum absolute atomic E-state index is 12.2. The Hall–Kier alpha value is -1.34. The van der Waals surface area contributed by atoms with Crippen LogP contribution in [0.1, 0.15) is 19.8 Å². The van der Waals surface area contributed by atoms with Gasteiger partial charge in [0, 0.05) is 25.8 Å². The van der Waals surface area contributed by atoms with Crippen LogP contribution in [0.2, 0.25) is 5.02 Å². The highest BCUT2D eigenvalue weighted by atomic mass is 35.5. The lowest BCUT2D eigenvalue weighted by Gasteiger charge is -2.26. The van der Waals surface area contributed by atoms with Gasteiger partial charge in [-0.1, -0.05) is 11.6 Å². The first-order chi connectivity index (χ1) is 10.5. The minimum Gasteiger partial charge on any atom is -0.381 e. The van der Waals surface area contributed by atoms with Crippen molar-refractivity contribution in [1.29, 1.82) is 0 Å². The first-order valence-corrected chi connectivity index (χ1v) is 7.56. The summed E-state index contributed by atoms with van der Waals surface area (Å²) in [5.41, 5.74) is 7.07. The van der Waals surface area contributed by atoms with Gasteiger partial charge in [0.25, 0.3) is 0 Å². The molecule has 0 aliphatic carbocycles. The van der Waals surface area contributed by atoms with Crippen LogP contribution < -0.4 is 16.4 Å². The number of hydrogen-bond acceptors (Lipinski definition) is 4. The number of benzene rings is 1. The van der Waals surface area contributed by atoms with Crippen LogP contribution in [0, 0.1) is 5.92 Å². The van der Waals surface area contributed by atoms with E-state index < -0.39 is 6.04 Å². The molecule has 0 radical (unpaired) electrons. The van der Waals surface area contributed by atoms with E-state index in [0.29, 0.717) is 29.6 Å². The van der Waals surface area contributed by atoms with Gasteiger partial charge in [-0.05, 0) is 37.0 Å². The third kappa shape index (κ3) is 5.66. The van der Waals surface area contributed by atoms with E-state index in [1.54, 1.807) is 18.2 Å². The van der Waals surface area contributed by atoms with Crippen molar-refractivity contribution in [1.82, 2.24) is 0 Å². The molecular formula is C15H21Cl2N3O3. The smallest absolute Gasteiger partial charge is 0.241 e. The van der Waals surface area contributed by atoms with Gasteiger partial charge in [-0.15, -0.1) is 12.4 Å². The lowest BCUT2D eigenvalue weighted by molar-refractivity contribution is -0.119. The molecule has 4 N–H and O–H groups in total. The summed E-state index contributed by atoms with van der Waals surface area (Å²) in [4.78, 5) is 23.2. The first-order valence-electron chi connectivity index (χ1n) is 7.18. The fourth-order valence-corrected chi connectivity index (χ4v) is 2.63. The van der Waals surface area contributed by atoms with E-state index >= 15 is 0 Å². The average molecular weight is 362 g/mol. The molecule has 1 aliphatic heterocycles. The van der Waals surface area contributed by atoms with Crippen molar-refractivity contribution in [3.8, 4) is 0 Å². The molecule has 1 aromatic carbocycles.